The fraction of sp³-hybridized carbons (Fsp3) is 0.318. The molecule has 0 saturated carbocycles. The van der Waals surface area contributed by atoms with Crippen molar-refractivity contribution in [2.45, 2.75) is 39.2 Å². The number of ether oxygens (including phenoxy) is 1. The molecule has 4 heteroatoms. The zero-order valence-electron chi connectivity index (χ0n) is 15.0. The van der Waals surface area contributed by atoms with Crippen LogP contribution in [0.15, 0.2) is 46.9 Å². The third-order valence-electron chi connectivity index (χ3n) is 5.00. The van der Waals surface area contributed by atoms with Crippen molar-refractivity contribution in [2.75, 3.05) is 11.9 Å². The number of fused-ring (bicyclic) bond motifs is 2. The highest BCUT2D eigenvalue weighted by Gasteiger charge is 2.22. The molecule has 1 aliphatic rings. The van der Waals surface area contributed by atoms with Gasteiger partial charge in [-0.15, -0.1) is 0 Å². The van der Waals surface area contributed by atoms with Crippen LogP contribution in [0.3, 0.4) is 0 Å². The molecule has 1 amide bonds. The number of rotatable bonds is 5. The van der Waals surface area contributed by atoms with Crippen LogP contribution >= 0.6 is 0 Å². The zero-order chi connectivity index (χ0) is 17.9. The van der Waals surface area contributed by atoms with E-state index in [0.29, 0.717) is 24.6 Å². The number of para-hydroxylation sites is 1. The molecule has 0 fully saturated rings. The SMILES string of the molecule is CCOCc1c(C(=O)Nc2cccc3c2CCCC3)oc2ccccc12. The molecule has 4 rings (SSSR count). The van der Waals surface area contributed by atoms with Crippen LogP contribution in [0.25, 0.3) is 11.0 Å². The molecule has 134 valence electrons. The van der Waals surface area contributed by atoms with Crippen molar-refractivity contribution < 1.29 is 13.9 Å². The monoisotopic (exact) mass is 349 g/mol. The molecule has 0 aliphatic heterocycles. The van der Waals surface area contributed by atoms with Gasteiger partial charge >= 0.3 is 0 Å². The van der Waals surface area contributed by atoms with E-state index in [1.165, 1.54) is 24.0 Å². The maximum absolute atomic E-state index is 13.0. The van der Waals surface area contributed by atoms with Crippen molar-refractivity contribution in [1.29, 1.82) is 0 Å². The Hall–Kier alpha value is -2.59. The first-order valence-corrected chi connectivity index (χ1v) is 9.28. The van der Waals surface area contributed by atoms with Gasteiger partial charge in [-0.25, -0.2) is 0 Å². The van der Waals surface area contributed by atoms with E-state index < -0.39 is 0 Å². The average Bonchev–Trinajstić information content (AvgIpc) is 3.05. The smallest absolute Gasteiger partial charge is 0.291 e. The number of anilines is 1. The lowest BCUT2D eigenvalue weighted by atomic mass is 9.90. The molecule has 4 nitrogen and oxygen atoms in total. The standard InChI is InChI=1S/C22H23NO3/c1-2-25-14-18-17-11-5-6-13-20(17)26-21(18)22(24)23-19-12-7-9-15-8-3-4-10-16(15)19/h5-7,9,11-13H,2-4,8,10,14H2,1H3,(H,23,24). The topological polar surface area (TPSA) is 51.5 Å². The molecular weight excluding hydrogens is 326 g/mol. The Labute approximate surface area is 153 Å². The molecule has 2 aromatic carbocycles. The summed E-state index contributed by atoms with van der Waals surface area (Å²) >= 11 is 0. The summed E-state index contributed by atoms with van der Waals surface area (Å²) in [5.41, 5.74) is 5.02. The summed E-state index contributed by atoms with van der Waals surface area (Å²) in [5, 5.41) is 4.01. The van der Waals surface area contributed by atoms with Crippen molar-refractivity contribution in [2.24, 2.45) is 0 Å². The van der Waals surface area contributed by atoms with Crippen LogP contribution in [0.5, 0.6) is 0 Å². The number of carbonyl (C=O) groups is 1. The second-order valence-corrected chi connectivity index (χ2v) is 6.65. The van der Waals surface area contributed by atoms with Gasteiger partial charge in [-0.2, -0.15) is 0 Å². The van der Waals surface area contributed by atoms with Crippen LogP contribution in [0, 0.1) is 0 Å². The number of amides is 1. The summed E-state index contributed by atoms with van der Waals surface area (Å²) in [4.78, 5) is 13.0. The van der Waals surface area contributed by atoms with E-state index in [-0.39, 0.29) is 5.91 Å². The van der Waals surface area contributed by atoms with Gasteiger partial charge in [0.05, 0.1) is 6.61 Å². The van der Waals surface area contributed by atoms with Gasteiger partial charge in [-0.1, -0.05) is 30.3 Å². The number of carbonyl (C=O) groups excluding carboxylic acids is 1. The average molecular weight is 349 g/mol. The molecule has 1 aromatic heterocycles. The second kappa shape index (κ2) is 7.34. The zero-order valence-corrected chi connectivity index (χ0v) is 15.0. The Kier molecular flexibility index (Phi) is 4.76. The van der Waals surface area contributed by atoms with E-state index in [2.05, 4.69) is 11.4 Å². The lowest BCUT2D eigenvalue weighted by molar-refractivity contribution is 0.0984. The lowest BCUT2D eigenvalue weighted by Crippen LogP contribution is -2.16. The molecule has 3 aromatic rings. The predicted molar refractivity (Wildman–Crippen MR) is 103 cm³/mol. The van der Waals surface area contributed by atoms with E-state index in [4.69, 9.17) is 9.15 Å². The van der Waals surface area contributed by atoms with Gasteiger partial charge in [0.25, 0.3) is 5.91 Å². The van der Waals surface area contributed by atoms with E-state index in [9.17, 15) is 4.79 Å². The minimum atomic E-state index is -0.213. The molecule has 26 heavy (non-hydrogen) atoms. The quantitative estimate of drug-likeness (QED) is 0.697. The van der Waals surface area contributed by atoms with Gasteiger partial charge in [0.15, 0.2) is 5.76 Å². The lowest BCUT2D eigenvalue weighted by Gasteiger charge is -2.19. The summed E-state index contributed by atoms with van der Waals surface area (Å²) in [6, 6.07) is 13.9. The van der Waals surface area contributed by atoms with Gasteiger partial charge in [-0.05, 0) is 55.9 Å². The second-order valence-electron chi connectivity index (χ2n) is 6.65. The normalized spacial score (nSPS) is 13.6. The molecule has 1 heterocycles. The molecule has 0 saturated heterocycles. The van der Waals surface area contributed by atoms with E-state index in [0.717, 1.165) is 29.5 Å². The molecule has 1 N–H and O–H groups in total. The van der Waals surface area contributed by atoms with Crippen molar-refractivity contribution in [3.63, 3.8) is 0 Å². The molecule has 0 spiro atoms. The van der Waals surface area contributed by atoms with Crippen molar-refractivity contribution in [3.8, 4) is 0 Å². The van der Waals surface area contributed by atoms with Gasteiger partial charge in [0.1, 0.15) is 5.58 Å². The Bertz CT molecular complexity index is 942. The third kappa shape index (κ3) is 3.13. The maximum atomic E-state index is 13.0. The summed E-state index contributed by atoms with van der Waals surface area (Å²) in [6.45, 7) is 2.90. The van der Waals surface area contributed by atoms with Crippen LogP contribution in [-0.4, -0.2) is 12.5 Å². The van der Waals surface area contributed by atoms with E-state index in [1.54, 1.807) is 0 Å². The summed E-state index contributed by atoms with van der Waals surface area (Å²) < 4.78 is 11.5. The Morgan fingerprint density at radius 1 is 1.12 bits per heavy atom. The number of hydrogen-bond donors (Lipinski definition) is 1. The van der Waals surface area contributed by atoms with Gasteiger partial charge in [-0.3, -0.25) is 4.79 Å². The molecular formula is C22H23NO3. The van der Waals surface area contributed by atoms with Crippen LogP contribution in [0.1, 0.15) is 47.0 Å². The van der Waals surface area contributed by atoms with Crippen molar-refractivity contribution >= 4 is 22.6 Å². The summed E-state index contributed by atoms with van der Waals surface area (Å²) in [7, 11) is 0. The Morgan fingerprint density at radius 3 is 2.85 bits per heavy atom. The number of nitrogens with one attached hydrogen (secondary N) is 1. The highest BCUT2D eigenvalue weighted by atomic mass is 16.5. The number of hydrogen-bond acceptors (Lipinski definition) is 3. The van der Waals surface area contributed by atoms with Gasteiger partial charge < -0.3 is 14.5 Å². The van der Waals surface area contributed by atoms with E-state index >= 15 is 0 Å². The fourth-order valence-corrected chi connectivity index (χ4v) is 3.71. The minimum absolute atomic E-state index is 0.213. The molecule has 0 unspecified atom stereocenters. The van der Waals surface area contributed by atoms with Crippen LogP contribution in [0.4, 0.5) is 5.69 Å². The number of furan rings is 1. The summed E-state index contributed by atoms with van der Waals surface area (Å²) in [6.07, 6.45) is 4.48. The van der Waals surface area contributed by atoms with Crippen LogP contribution < -0.4 is 5.32 Å². The first-order chi connectivity index (χ1) is 12.8. The Morgan fingerprint density at radius 2 is 1.96 bits per heavy atom. The van der Waals surface area contributed by atoms with Crippen LogP contribution in [0.2, 0.25) is 0 Å². The number of aryl methyl sites for hydroxylation is 1. The fourth-order valence-electron chi connectivity index (χ4n) is 3.71. The molecule has 1 aliphatic carbocycles. The third-order valence-corrected chi connectivity index (χ3v) is 5.00. The van der Waals surface area contributed by atoms with Crippen molar-refractivity contribution in [1.82, 2.24) is 0 Å². The van der Waals surface area contributed by atoms with Crippen molar-refractivity contribution in [3.05, 3.63) is 64.9 Å². The summed E-state index contributed by atoms with van der Waals surface area (Å²) in [5.74, 6) is 0.128. The highest BCUT2D eigenvalue weighted by Crippen LogP contribution is 2.30. The molecule has 0 atom stereocenters. The highest BCUT2D eigenvalue weighted by molar-refractivity contribution is 6.06. The Balaban J connectivity index is 1.68. The first-order valence-electron chi connectivity index (χ1n) is 9.28. The predicted octanol–water partition coefficient (Wildman–Crippen LogP) is 5.10. The molecule has 0 radical (unpaired) electrons. The molecule has 0 bridgehead atoms. The minimum Gasteiger partial charge on any atom is -0.451 e. The van der Waals surface area contributed by atoms with E-state index in [1.807, 2.05) is 43.3 Å². The largest absolute Gasteiger partial charge is 0.451 e. The van der Waals surface area contributed by atoms with Gasteiger partial charge in [0.2, 0.25) is 0 Å². The first kappa shape index (κ1) is 16.9. The van der Waals surface area contributed by atoms with Gasteiger partial charge in [0, 0.05) is 23.2 Å². The van der Waals surface area contributed by atoms with Crippen LogP contribution in [-0.2, 0) is 24.2 Å². The maximum Gasteiger partial charge on any atom is 0.291 e. The number of benzene rings is 2.